The largest absolute Gasteiger partial charge is 0.497 e. The van der Waals surface area contributed by atoms with E-state index >= 15 is 0 Å². The molecule has 0 unspecified atom stereocenters. The molecule has 0 saturated carbocycles. The Kier molecular flexibility index (Phi) is 5.93. The molecule has 0 saturated heterocycles. The molecule has 2 aromatic carbocycles. The minimum Gasteiger partial charge on any atom is -0.497 e. The molecule has 3 aromatic rings. The third kappa shape index (κ3) is 4.80. The Morgan fingerprint density at radius 2 is 1.83 bits per heavy atom. The lowest BCUT2D eigenvalue weighted by molar-refractivity contribution is -0.384. The number of hydrogen-bond donors (Lipinski definition) is 1. The highest BCUT2D eigenvalue weighted by molar-refractivity contribution is 6.03. The second-order valence-corrected chi connectivity index (χ2v) is 5.79. The van der Waals surface area contributed by atoms with Gasteiger partial charge in [0, 0.05) is 12.3 Å². The normalized spacial score (nSPS) is 10.3. The van der Waals surface area contributed by atoms with Gasteiger partial charge in [0.25, 0.3) is 11.6 Å². The number of nitrogens with one attached hydrogen (secondary N) is 1. The van der Waals surface area contributed by atoms with E-state index in [4.69, 9.17) is 14.2 Å². The van der Waals surface area contributed by atoms with E-state index in [0.29, 0.717) is 11.4 Å². The van der Waals surface area contributed by atoms with Crippen LogP contribution in [0, 0.1) is 10.1 Å². The van der Waals surface area contributed by atoms with Crippen molar-refractivity contribution in [2.45, 2.75) is 6.73 Å². The van der Waals surface area contributed by atoms with Crippen molar-refractivity contribution in [2.24, 2.45) is 0 Å². The number of hydrogen-bond acceptors (Lipinski definition) is 7. The average molecular weight is 398 g/mol. The van der Waals surface area contributed by atoms with E-state index < -0.39 is 10.8 Å². The first-order chi connectivity index (χ1) is 14.0. The number of ether oxygens (including phenoxy) is 3. The number of nitro groups is 1. The predicted molar refractivity (Wildman–Crippen MR) is 103 cm³/mol. The molecule has 0 fully saturated rings. The number of nitrogens with zero attached hydrogens (tertiary/aromatic N) is 3. The van der Waals surface area contributed by atoms with Gasteiger partial charge < -0.3 is 19.5 Å². The molecule has 10 nitrogen and oxygen atoms in total. The van der Waals surface area contributed by atoms with Crippen LogP contribution in [0.2, 0.25) is 0 Å². The monoisotopic (exact) mass is 398 g/mol. The van der Waals surface area contributed by atoms with E-state index in [1.54, 1.807) is 37.6 Å². The molecule has 1 heterocycles. The number of rotatable bonds is 8. The van der Waals surface area contributed by atoms with Gasteiger partial charge in [0.2, 0.25) is 0 Å². The maximum absolute atomic E-state index is 12.4. The zero-order valence-electron chi connectivity index (χ0n) is 15.7. The number of nitro benzene ring substituents is 1. The second-order valence-electron chi connectivity index (χ2n) is 5.79. The maximum atomic E-state index is 12.4. The van der Waals surface area contributed by atoms with Crippen molar-refractivity contribution < 1.29 is 23.9 Å². The molecular formula is C19H18N4O6. The third-order valence-corrected chi connectivity index (χ3v) is 3.94. The Bertz CT molecular complexity index is 1020. The summed E-state index contributed by atoms with van der Waals surface area (Å²) in [6.07, 6.45) is 1.60. The standard InChI is InChI=1S/C19H18N4O6/c1-27-14-4-6-15(7-5-14)29-12-22-10-9-17(21-22)19(24)20-16-8-3-13(23(25)26)11-18(16)28-2/h3-11H,12H2,1-2H3,(H,20,24). The van der Waals surface area contributed by atoms with Crippen molar-refractivity contribution >= 4 is 17.3 Å². The molecule has 1 aromatic heterocycles. The molecule has 150 valence electrons. The lowest BCUT2D eigenvalue weighted by atomic mass is 10.2. The van der Waals surface area contributed by atoms with Crippen molar-refractivity contribution in [1.29, 1.82) is 0 Å². The molecule has 0 atom stereocenters. The van der Waals surface area contributed by atoms with Gasteiger partial charge in [-0.05, 0) is 36.4 Å². The number of methoxy groups -OCH3 is 2. The third-order valence-electron chi connectivity index (χ3n) is 3.94. The first-order valence-corrected chi connectivity index (χ1v) is 8.44. The molecule has 0 spiro atoms. The van der Waals surface area contributed by atoms with Crippen LogP contribution in [0.4, 0.5) is 11.4 Å². The highest BCUT2D eigenvalue weighted by atomic mass is 16.6. The number of benzene rings is 2. The van der Waals surface area contributed by atoms with Crippen LogP contribution in [0.5, 0.6) is 17.2 Å². The van der Waals surface area contributed by atoms with E-state index in [0.717, 1.165) is 5.75 Å². The fourth-order valence-electron chi connectivity index (χ4n) is 2.45. The minimum atomic E-state index is -0.543. The Morgan fingerprint density at radius 1 is 1.10 bits per heavy atom. The van der Waals surface area contributed by atoms with E-state index in [1.165, 1.54) is 36.1 Å². The Labute approximate surface area is 165 Å². The molecule has 0 aliphatic carbocycles. The summed E-state index contributed by atoms with van der Waals surface area (Å²) >= 11 is 0. The summed E-state index contributed by atoms with van der Waals surface area (Å²) < 4.78 is 17.3. The summed E-state index contributed by atoms with van der Waals surface area (Å²) in [5.74, 6) is 1.04. The number of non-ortho nitro benzene ring substituents is 1. The molecule has 1 N–H and O–H groups in total. The summed E-state index contributed by atoms with van der Waals surface area (Å²) in [6, 6.07) is 12.5. The Hall–Kier alpha value is -4.08. The van der Waals surface area contributed by atoms with Gasteiger partial charge in [-0.15, -0.1) is 0 Å². The van der Waals surface area contributed by atoms with Crippen LogP contribution in [0.1, 0.15) is 10.5 Å². The second kappa shape index (κ2) is 8.74. The Balaban J connectivity index is 1.63. The van der Waals surface area contributed by atoms with Gasteiger partial charge >= 0.3 is 0 Å². The predicted octanol–water partition coefficient (Wildman–Crippen LogP) is 3.10. The SMILES string of the molecule is COc1ccc(OCn2ccc(C(=O)Nc3ccc([N+](=O)[O-])cc3OC)n2)cc1. The van der Waals surface area contributed by atoms with Crippen LogP contribution >= 0.6 is 0 Å². The van der Waals surface area contributed by atoms with Crippen LogP contribution in [0.25, 0.3) is 0 Å². The zero-order valence-corrected chi connectivity index (χ0v) is 15.7. The molecule has 3 rings (SSSR count). The summed E-state index contributed by atoms with van der Waals surface area (Å²) in [7, 11) is 2.94. The molecular weight excluding hydrogens is 380 g/mol. The number of aromatic nitrogens is 2. The maximum Gasteiger partial charge on any atom is 0.276 e. The molecule has 10 heteroatoms. The summed E-state index contributed by atoms with van der Waals surface area (Å²) in [6.45, 7) is 0.112. The van der Waals surface area contributed by atoms with Crippen LogP contribution < -0.4 is 19.5 Å². The van der Waals surface area contributed by atoms with Crippen LogP contribution in [-0.4, -0.2) is 34.8 Å². The van der Waals surface area contributed by atoms with Crippen molar-refractivity contribution in [1.82, 2.24) is 9.78 Å². The van der Waals surface area contributed by atoms with Crippen LogP contribution in [0.3, 0.4) is 0 Å². The number of carbonyl (C=O) groups is 1. The highest BCUT2D eigenvalue weighted by Crippen LogP contribution is 2.29. The fraction of sp³-hybridized carbons (Fsp3) is 0.158. The summed E-state index contributed by atoms with van der Waals surface area (Å²) in [5.41, 5.74) is 0.315. The van der Waals surface area contributed by atoms with Gasteiger partial charge in [0.15, 0.2) is 12.4 Å². The van der Waals surface area contributed by atoms with Crippen LogP contribution in [0.15, 0.2) is 54.7 Å². The molecule has 0 radical (unpaired) electrons. The molecule has 0 bridgehead atoms. The van der Waals surface area contributed by atoms with Crippen molar-refractivity contribution in [3.63, 3.8) is 0 Å². The molecule has 0 aliphatic heterocycles. The number of anilines is 1. The first-order valence-electron chi connectivity index (χ1n) is 8.44. The summed E-state index contributed by atoms with van der Waals surface area (Å²) in [5, 5.41) is 17.6. The van der Waals surface area contributed by atoms with Crippen molar-refractivity contribution in [3.05, 3.63) is 70.5 Å². The summed E-state index contributed by atoms with van der Waals surface area (Å²) in [4.78, 5) is 22.7. The Morgan fingerprint density at radius 3 is 2.48 bits per heavy atom. The molecule has 1 amide bonds. The van der Waals surface area contributed by atoms with Gasteiger partial charge in [-0.1, -0.05) is 0 Å². The number of carbonyl (C=O) groups excluding carboxylic acids is 1. The van der Waals surface area contributed by atoms with Gasteiger partial charge in [-0.2, -0.15) is 5.10 Å². The first kappa shape index (κ1) is 19.7. The van der Waals surface area contributed by atoms with Gasteiger partial charge in [-0.3, -0.25) is 14.9 Å². The van der Waals surface area contributed by atoms with Crippen molar-refractivity contribution in [2.75, 3.05) is 19.5 Å². The van der Waals surface area contributed by atoms with Gasteiger partial charge in [-0.25, -0.2) is 4.68 Å². The van der Waals surface area contributed by atoms with E-state index in [1.807, 2.05) is 0 Å². The highest BCUT2D eigenvalue weighted by Gasteiger charge is 2.16. The molecule has 0 aliphatic rings. The lowest BCUT2D eigenvalue weighted by Crippen LogP contribution is -2.15. The molecule has 29 heavy (non-hydrogen) atoms. The van der Waals surface area contributed by atoms with E-state index in [9.17, 15) is 14.9 Å². The number of amides is 1. The van der Waals surface area contributed by atoms with Crippen molar-refractivity contribution in [3.8, 4) is 17.2 Å². The topological polar surface area (TPSA) is 118 Å². The van der Waals surface area contributed by atoms with E-state index in [-0.39, 0.29) is 23.9 Å². The van der Waals surface area contributed by atoms with Gasteiger partial charge in [0.1, 0.15) is 17.2 Å². The smallest absolute Gasteiger partial charge is 0.276 e. The zero-order chi connectivity index (χ0) is 20.8. The van der Waals surface area contributed by atoms with E-state index in [2.05, 4.69) is 10.4 Å². The fourth-order valence-corrected chi connectivity index (χ4v) is 2.45. The quantitative estimate of drug-likeness (QED) is 0.457. The minimum absolute atomic E-state index is 0.112. The lowest BCUT2D eigenvalue weighted by Gasteiger charge is -2.09. The van der Waals surface area contributed by atoms with Crippen LogP contribution in [-0.2, 0) is 6.73 Å². The van der Waals surface area contributed by atoms with Gasteiger partial charge in [0.05, 0.1) is 30.9 Å². The average Bonchev–Trinajstić information content (AvgIpc) is 3.22.